The summed E-state index contributed by atoms with van der Waals surface area (Å²) in [5.41, 5.74) is 0.619. The first kappa shape index (κ1) is 14.9. The quantitative estimate of drug-likeness (QED) is 0.726. The van der Waals surface area contributed by atoms with E-state index in [1.54, 1.807) is 17.1 Å². The molecule has 0 radical (unpaired) electrons. The van der Waals surface area contributed by atoms with E-state index in [4.69, 9.17) is 0 Å². The van der Waals surface area contributed by atoms with E-state index in [9.17, 15) is 4.79 Å². The van der Waals surface area contributed by atoms with Crippen LogP contribution in [0.3, 0.4) is 0 Å². The van der Waals surface area contributed by atoms with E-state index in [2.05, 4.69) is 15.7 Å². The zero-order valence-corrected chi connectivity index (χ0v) is 10.5. The number of nitrogens with one attached hydrogen (secondary N) is 2. The monoisotopic (exact) mass is 246 g/mol. The molecular formula is C10H19ClN4O. The van der Waals surface area contributed by atoms with Crippen LogP contribution in [0.4, 0.5) is 0 Å². The lowest BCUT2D eigenvalue weighted by atomic mass is 10.3. The molecule has 1 aromatic rings. The molecule has 2 N–H and O–H groups in total. The Bertz CT molecular complexity index is 314. The molecule has 0 unspecified atom stereocenters. The molecule has 0 spiro atoms. The first-order valence-corrected chi connectivity index (χ1v) is 5.29. The van der Waals surface area contributed by atoms with Gasteiger partial charge in [-0.15, -0.1) is 12.4 Å². The summed E-state index contributed by atoms with van der Waals surface area (Å²) in [4.78, 5) is 11.5. The summed E-state index contributed by atoms with van der Waals surface area (Å²) in [6.45, 7) is 7.16. The molecule has 0 saturated carbocycles. The van der Waals surface area contributed by atoms with Crippen molar-refractivity contribution in [2.24, 2.45) is 0 Å². The van der Waals surface area contributed by atoms with E-state index in [0.29, 0.717) is 12.1 Å². The highest BCUT2D eigenvalue weighted by Crippen LogP contribution is 1.96. The minimum Gasteiger partial charge on any atom is -0.351 e. The minimum absolute atomic E-state index is 0. The first-order chi connectivity index (χ1) is 7.27. The molecule has 6 heteroatoms. The molecule has 0 fully saturated rings. The molecular weight excluding hydrogens is 228 g/mol. The number of aryl methyl sites for hydroxylation is 1. The third-order valence-corrected chi connectivity index (χ3v) is 2.06. The lowest BCUT2D eigenvalue weighted by Crippen LogP contribution is -2.31. The second-order valence-electron chi connectivity index (χ2n) is 3.19. The van der Waals surface area contributed by atoms with Gasteiger partial charge in [0.2, 0.25) is 0 Å². The SMILES string of the molecule is CCNCCNC(=O)c1cnn(CC)c1.Cl. The smallest absolute Gasteiger partial charge is 0.254 e. The number of aromatic nitrogens is 2. The van der Waals surface area contributed by atoms with Gasteiger partial charge in [0, 0.05) is 25.8 Å². The van der Waals surface area contributed by atoms with Crippen molar-refractivity contribution in [2.45, 2.75) is 20.4 Å². The van der Waals surface area contributed by atoms with Crippen molar-refractivity contribution in [1.29, 1.82) is 0 Å². The Labute approximate surface area is 102 Å². The maximum absolute atomic E-state index is 11.5. The number of hydrogen-bond donors (Lipinski definition) is 2. The maximum Gasteiger partial charge on any atom is 0.254 e. The van der Waals surface area contributed by atoms with Crippen molar-refractivity contribution >= 4 is 18.3 Å². The predicted molar refractivity (Wildman–Crippen MR) is 66.0 cm³/mol. The van der Waals surface area contributed by atoms with Crippen LogP contribution in [-0.4, -0.2) is 35.3 Å². The van der Waals surface area contributed by atoms with Crippen molar-refractivity contribution in [3.8, 4) is 0 Å². The van der Waals surface area contributed by atoms with Crippen LogP contribution in [0.15, 0.2) is 12.4 Å². The Hall–Kier alpha value is -1.07. The van der Waals surface area contributed by atoms with Gasteiger partial charge in [-0.2, -0.15) is 5.10 Å². The fourth-order valence-electron chi connectivity index (χ4n) is 1.20. The Morgan fingerprint density at radius 1 is 1.44 bits per heavy atom. The number of amides is 1. The minimum atomic E-state index is -0.0624. The molecule has 0 saturated heterocycles. The molecule has 1 aromatic heterocycles. The van der Waals surface area contributed by atoms with Gasteiger partial charge in [-0.1, -0.05) is 6.92 Å². The van der Waals surface area contributed by atoms with E-state index >= 15 is 0 Å². The number of likely N-dealkylation sites (N-methyl/N-ethyl adjacent to an activating group) is 1. The zero-order valence-electron chi connectivity index (χ0n) is 9.69. The van der Waals surface area contributed by atoms with Gasteiger partial charge in [0.1, 0.15) is 0 Å². The standard InChI is InChI=1S/C10H18N4O.ClH/c1-3-11-5-6-12-10(15)9-7-13-14(4-2)8-9;/h7-8,11H,3-6H2,1-2H3,(H,12,15);1H. The van der Waals surface area contributed by atoms with Crippen molar-refractivity contribution in [3.05, 3.63) is 18.0 Å². The summed E-state index contributed by atoms with van der Waals surface area (Å²) >= 11 is 0. The number of carbonyl (C=O) groups excluding carboxylic acids is 1. The first-order valence-electron chi connectivity index (χ1n) is 5.29. The van der Waals surface area contributed by atoms with Crippen LogP contribution in [0.1, 0.15) is 24.2 Å². The lowest BCUT2D eigenvalue weighted by molar-refractivity contribution is 0.0954. The molecule has 0 atom stereocenters. The maximum atomic E-state index is 11.5. The highest BCUT2D eigenvalue weighted by atomic mass is 35.5. The third kappa shape index (κ3) is 4.63. The van der Waals surface area contributed by atoms with Crippen molar-refractivity contribution in [1.82, 2.24) is 20.4 Å². The van der Waals surface area contributed by atoms with Gasteiger partial charge in [0.15, 0.2) is 0 Å². The normalized spacial score (nSPS) is 9.62. The van der Waals surface area contributed by atoms with Gasteiger partial charge in [0.05, 0.1) is 11.8 Å². The zero-order chi connectivity index (χ0) is 11.1. The van der Waals surface area contributed by atoms with E-state index in [-0.39, 0.29) is 18.3 Å². The summed E-state index contributed by atoms with van der Waals surface area (Å²) in [5.74, 6) is -0.0624. The Morgan fingerprint density at radius 2 is 2.19 bits per heavy atom. The van der Waals surface area contributed by atoms with Crippen molar-refractivity contribution in [2.75, 3.05) is 19.6 Å². The summed E-state index contributed by atoms with van der Waals surface area (Å²) in [6, 6.07) is 0. The number of hydrogen-bond acceptors (Lipinski definition) is 3. The van der Waals surface area contributed by atoms with Crippen LogP contribution in [0.2, 0.25) is 0 Å². The van der Waals surface area contributed by atoms with Gasteiger partial charge in [0.25, 0.3) is 5.91 Å². The van der Waals surface area contributed by atoms with Gasteiger partial charge in [-0.25, -0.2) is 0 Å². The fraction of sp³-hybridized carbons (Fsp3) is 0.600. The van der Waals surface area contributed by atoms with E-state index in [0.717, 1.165) is 19.6 Å². The van der Waals surface area contributed by atoms with Crippen LogP contribution >= 0.6 is 12.4 Å². The number of carbonyl (C=O) groups is 1. The largest absolute Gasteiger partial charge is 0.351 e. The Balaban J connectivity index is 0.00000225. The topological polar surface area (TPSA) is 58.9 Å². The van der Waals surface area contributed by atoms with Crippen LogP contribution in [-0.2, 0) is 6.54 Å². The van der Waals surface area contributed by atoms with Crippen LogP contribution < -0.4 is 10.6 Å². The number of rotatable bonds is 6. The van der Waals surface area contributed by atoms with E-state index < -0.39 is 0 Å². The van der Waals surface area contributed by atoms with Crippen LogP contribution in [0.5, 0.6) is 0 Å². The second kappa shape index (κ2) is 8.13. The van der Waals surface area contributed by atoms with Gasteiger partial charge < -0.3 is 10.6 Å². The van der Waals surface area contributed by atoms with E-state index in [1.807, 2.05) is 13.8 Å². The highest BCUT2D eigenvalue weighted by molar-refractivity contribution is 5.93. The molecule has 16 heavy (non-hydrogen) atoms. The number of nitrogens with zero attached hydrogens (tertiary/aromatic N) is 2. The molecule has 1 rings (SSSR count). The fourth-order valence-corrected chi connectivity index (χ4v) is 1.20. The third-order valence-electron chi connectivity index (χ3n) is 2.06. The van der Waals surface area contributed by atoms with E-state index in [1.165, 1.54) is 0 Å². The molecule has 1 heterocycles. The summed E-state index contributed by atoms with van der Waals surface area (Å²) < 4.78 is 1.74. The second-order valence-corrected chi connectivity index (χ2v) is 3.19. The van der Waals surface area contributed by atoms with Gasteiger partial charge in [-0.3, -0.25) is 9.48 Å². The Morgan fingerprint density at radius 3 is 2.75 bits per heavy atom. The molecule has 0 aliphatic carbocycles. The van der Waals surface area contributed by atoms with Crippen LogP contribution in [0, 0.1) is 0 Å². The molecule has 5 nitrogen and oxygen atoms in total. The number of halogens is 1. The van der Waals surface area contributed by atoms with Crippen molar-refractivity contribution in [3.63, 3.8) is 0 Å². The molecule has 0 aliphatic heterocycles. The molecule has 0 bridgehead atoms. The summed E-state index contributed by atoms with van der Waals surface area (Å²) in [6.07, 6.45) is 3.34. The predicted octanol–water partition coefficient (Wildman–Crippen LogP) is 0.664. The lowest BCUT2D eigenvalue weighted by Gasteiger charge is -2.03. The molecule has 92 valence electrons. The van der Waals surface area contributed by atoms with Crippen molar-refractivity contribution < 1.29 is 4.79 Å². The average Bonchev–Trinajstić information content (AvgIpc) is 2.72. The highest BCUT2D eigenvalue weighted by Gasteiger charge is 2.06. The van der Waals surface area contributed by atoms with Gasteiger partial charge >= 0.3 is 0 Å². The summed E-state index contributed by atoms with van der Waals surface area (Å²) in [5, 5.41) is 9.99. The molecule has 0 aliphatic rings. The van der Waals surface area contributed by atoms with Gasteiger partial charge in [-0.05, 0) is 13.5 Å². The molecule has 0 aromatic carbocycles. The van der Waals surface area contributed by atoms with Crippen LogP contribution in [0.25, 0.3) is 0 Å². The molecule has 1 amide bonds. The average molecular weight is 247 g/mol. The summed E-state index contributed by atoms with van der Waals surface area (Å²) in [7, 11) is 0. The Kier molecular flexibility index (Phi) is 7.58.